The summed E-state index contributed by atoms with van der Waals surface area (Å²) < 4.78 is 0. The van der Waals surface area contributed by atoms with Gasteiger partial charge in [-0.3, -0.25) is 43.9 Å². The second-order valence-corrected chi connectivity index (χ2v) is 17.7. The van der Waals surface area contributed by atoms with Crippen molar-refractivity contribution >= 4 is 58.3 Å². The number of nitrogens with one attached hydrogen (secondary N) is 1. The third kappa shape index (κ3) is 7.16. The van der Waals surface area contributed by atoms with Crippen LogP contribution in [0.15, 0.2) is 54.6 Å². The molecule has 6 aliphatic rings. The number of hydrogen-bond acceptors (Lipinski definition) is 10. The van der Waals surface area contributed by atoms with Crippen molar-refractivity contribution in [3.63, 3.8) is 0 Å². The molecule has 0 saturated carbocycles. The molecule has 4 saturated heterocycles. The van der Waals surface area contributed by atoms with E-state index in [4.69, 9.17) is 11.6 Å². The molecule has 14 heteroatoms. The first kappa shape index (κ1) is 38.9. The van der Waals surface area contributed by atoms with Crippen LogP contribution in [0.2, 0.25) is 5.02 Å². The second kappa shape index (κ2) is 15.2. The van der Waals surface area contributed by atoms with E-state index < -0.39 is 29.7 Å². The van der Waals surface area contributed by atoms with Gasteiger partial charge in [0.1, 0.15) is 12.1 Å². The summed E-state index contributed by atoms with van der Waals surface area (Å²) >= 11 is 6.37. The molecule has 0 bridgehead atoms. The van der Waals surface area contributed by atoms with Crippen molar-refractivity contribution in [2.75, 3.05) is 49.1 Å². The van der Waals surface area contributed by atoms with Crippen LogP contribution in [-0.2, 0) is 27.5 Å². The minimum absolute atomic E-state index is 0.0153. The fourth-order valence-electron chi connectivity index (χ4n) is 10.3. The Kier molecular flexibility index (Phi) is 10.0. The average Bonchev–Trinajstić information content (AvgIpc) is 3.86. The molecule has 5 amide bonds. The van der Waals surface area contributed by atoms with Crippen molar-refractivity contribution < 1.29 is 28.8 Å². The molecular formula is C45H46ClN7O6. The minimum Gasteiger partial charge on any atom is -0.371 e. The van der Waals surface area contributed by atoms with Crippen molar-refractivity contribution in [2.45, 2.75) is 77.0 Å². The number of rotatable bonds is 7. The standard InChI is InChI=1S/C45H46ClN7O6/c1-27-21-45(26-52(27)34-7-4-30(22-47)37(46)20-34)12-16-50(17-13-45)33-5-2-28(3-6-33)41(56)29-10-14-51(15-11-29)40(55)25-49-23-31-18-35-36(19-32(31)24-49)44(59)53(43(35)58)38-8-9-39(54)48-42(38)57/h2-7,18-20,27,29,38H,8-17,21,23-26H2,1H3,(H,48,54,57)/t27-,38?/m0/s1. The molecule has 304 valence electrons. The third-order valence-corrected chi connectivity index (χ3v) is 13.9. The van der Waals surface area contributed by atoms with Crippen molar-refractivity contribution in [3.8, 4) is 6.07 Å². The Bertz CT molecular complexity index is 2280. The molecule has 13 nitrogen and oxygen atoms in total. The maximum absolute atomic E-state index is 13.6. The van der Waals surface area contributed by atoms with Crippen LogP contribution in [-0.4, -0.2) is 101 Å². The van der Waals surface area contributed by atoms with Crippen molar-refractivity contribution in [3.05, 3.63) is 93.0 Å². The summed E-state index contributed by atoms with van der Waals surface area (Å²) in [5.74, 6) is -2.18. The van der Waals surface area contributed by atoms with Crippen molar-refractivity contribution in [1.82, 2.24) is 20.0 Å². The average molecular weight is 816 g/mol. The number of carbonyl (C=O) groups is 6. The monoisotopic (exact) mass is 815 g/mol. The highest BCUT2D eigenvalue weighted by atomic mass is 35.5. The molecule has 1 N–H and O–H groups in total. The highest BCUT2D eigenvalue weighted by Gasteiger charge is 2.46. The molecule has 4 fully saturated rings. The van der Waals surface area contributed by atoms with Gasteiger partial charge >= 0.3 is 0 Å². The summed E-state index contributed by atoms with van der Waals surface area (Å²) in [4.78, 5) is 87.3. The van der Waals surface area contributed by atoms with Gasteiger partial charge in [-0.25, -0.2) is 0 Å². The maximum Gasteiger partial charge on any atom is 0.262 e. The number of amides is 5. The Balaban J connectivity index is 0.739. The Morgan fingerprint density at radius 1 is 0.864 bits per heavy atom. The molecule has 6 heterocycles. The molecule has 6 aliphatic heterocycles. The molecule has 1 spiro atoms. The number of Topliss-reactive ketones (excluding diaryl/α,β-unsaturated/α-hetero) is 1. The van der Waals surface area contributed by atoms with E-state index in [0.29, 0.717) is 61.2 Å². The highest BCUT2D eigenvalue weighted by Crippen LogP contribution is 2.46. The van der Waals surface area contributed by atoms with Crippen molar-refractivity contribution in [1.29, 1.82) is 5.26 Å². The Labute approximate surface area is 347 Å². The van der Waals surface area contributed by atoms with Crippen LogP contribution < -0.4 is 15.1 Å². The van der Waals surface area contributed by atoms with Gasteiger partial charge in [-0.1, -0.05) is 11.6 Å². The molecule has 2 atom stereocenters. The van der Waals surface area contributed by atoms with Crippen LogP contribution in [0.3, 0.4) is 0 Å². The number of carbonyl (C=O) groups excluding carboxylic acids is 6. The fourth-order valence-corrected chi connectivity index (χ4v) is 10.6. The van der Waals surface area contributed by atoms with Gasteiger partial charge in [0, 0.05) is 81.1 Å². The fraction of sp³-hybridized carbons (Fsp3) is 0.444. The van der Waals surface area contributed by atoms with E-state index in [1.807, 2.05) is 34.1 Å². The van der Waals surface area contributed by atoms with E-state index >= 15 is 0 Å². The van der Waals surface area contributed by atoms with E-state index in [1.54, 1.807) is 18.2 Å². The molecule has 0 radical (unpaired) electrons. The van der Waals surface area contributed by atoms with E-state index in [9.17, 15) is 34.0 Å². The first-order chi connectivity index (χ1) is 28.4. The number of likely N-dealkylation sites (tertiary alicyclic amines) is 1. The molecule has 59 heavy (non-hydrogen) atoms. The molecule has 9 rings (SSSR count). The summed E-state index contributed by atoms with van der Waals surface area (Å²) in [5.41, 5.74) is 5.84. The lowest BCUT2D eigenvalue weighted by Crippen LogP contribution is -2.54. The largest absolute Gasteiger partial charge is 0.371 e. The lowest BCUT2D eigenvalue weighted by molar-refractivity contribution is -0.136. The summed E-state index contributed by atoms with van der Waals surface area (Å²) in [7, 11) is 0. The van der Waals surface area contributed by atoms with Crippen LogP contribution in [0, 0.1) is 22.7 Å². The Morgan fingerprint density at radius 2 is 1.51 bits per heavy atom. The number of piperidine rings is 3. The number of halogens is 1. The molecular weight excluding hydrogens is 770 g/mol. The first-order valence-electron chi connectivity index (χ1n) is 20.6. The smallest absolute Gasteiger partial charge is 0.262 e. The van der Waals surface area contributed by atoms with Gasteiger partial charge in [-0.15, -0.1) is 0 Å². The van der Waals surface area contributed by atoms with Gasteiger partial charge in [0.15, 0.2) is 5.78 Å². The number of imide groups is 2. The zero-order valence-electron chi connectivity index (χ0n) is 33.0. The van der Waals surface area contributed by atoms with E-state index in [2.05, 4.69) is 40.2 Å². The summed E-state index contributed by atoms with van der Waals surface area (Å²) in [5, 5.41) is 12.0. The molecule has 0 aliphatic carbocycles. The highest BCUT2D eigenvalue weighted by molar-refractivity contribution is 6.32. The number of fused-ring (bicyclic) bond motifs is 2. The first-order valence-corrected chi connectivity index (χ1v) is 21.0. The van der Waals surface area contributed by atoms with E-state index in [1.165, 1.54) is 0 Å². The zero-order valence-corrected chi connectivity index (χ0v) is 33.8. The maximum atomic E-state index is 13.6. The summed E-state index contributed by atoms with van der Waals surface area (Å²) in [6.07, 6.45) is 4.65. The molecule has 3 aromatic rings. The van der Waals surface area contributed by atoms with Gasteiger partial charge in [0.25, 0.3) is 11.8 Å². The predicted molar refractivity (Wildman–Crippen MR) is 219 cm³/mol. The van der Waals surface area contributed by atoms with Gasteiger partial charge in [0.05, 0.1) is 28.3 Å². The molecule has 3 aromatic carbocycles. The SMILES string of the molecule is C[C@H]1CC2(CCN(c3ccc(C(=O)C4CCN(C(=O)CN5Cc6cc7c(cc6C5)C(=O)N(C5CCC(=O)NC5=O)C7=O)CC4)cc3)CC2)CN1c1ccc(C#N)c(Cl)c1. The zero-order chi connectivity index (χ0) is 41.2. The number of anilines is 2. The van der Waals surface area contributed by atoms with Gasteiger partial charge < -0.3 is 14.7 Å². The quantitative estimate of drug-likeness (QED) is 0.257. The van der Waals surface area contributed by atoms with Crippen LogP contribution in [0.1, 0.15) is 99.6 Å². The Hall–Kier alpha value is -5.58. The molecule has 0 aromatic heterocycles. The minimum atomic E-state index is -1.01. The lowest BCUT2D eigenvalue weighted by Gasteiger charge is -2.40. The van der Waals surface area contributed by atoms with Gasteiger partial charge in [-0.05, 0) is 117 Å². The number of nitriles is 1. The predicted octanol–water partition coefficient (Wildman–Crippen LogP) is 4.94. The topological polar surface area (TPSA) is 154 Å². The van der Waals surface area contributed by atoms with Crippen LogP contribution in [0.5, 0.6) is 0 Å². The number of ketones is 1. The normalized spacial score (nSPS) is 23.1. The lowest BCUT2D eigenvalue weighted by atomic mass is 9.76. The van der Waals surface area contributed by atoms with Crippen LogP contribution in [0.4, 0.5) is 11.4 Å². The molecule has 1 unspecified atom stereocenters. The Morgan fingerprint density at radius 3 is 2.12 bits per heavy atom. The second-order valence-electron chi connectivity index (χ2n) is 17.3. The van der Waals surface area contributed by atoms with Gasteiger partial charge in [-0.2, -0.15) is 5.26 Å². The van der Waals surface area contributed by atoms with E-state index in [0.717, 1.165) is 66.3 Å². The van der Waals surface area contributed by atoms with Gasteiger partial charge in [0.2, 0.25) is 17.7 Å². The third-order valence-electron chi connectivity index (χ3n) is 13.6. The number of nitrogens with zero attached hydrogens (tertiary/aromatic N) is 6. The van der Waals surface area contributed by atoms with Crippen LogP contribution >= 0.6 is 11.6 Å². The number of benzene rings is 3. The van der Waals surface area contributed by atoms with Crippen molar-refractivity contribution in [2.24, 2.45) is 11.3 Å². The summed E-state index contributed by atoms with van der Waals surface area (Å²) in [6.45, 7) is 7.23. The van der Waals surface area contributed by atoms with Crippen LogP contribution in [0.25, 0.3) is 0 Å². The van der Waals surface area contributed by atoms with E-state index in [-0.39, 0.29) is 53.5 Å². The summed E-state index contributed by atoms with van der Waals surface area (Å²) in [6, 6.07) is 18.7. The number of hydrogen-bond donors (Lipinski definition) is 1.